The van der Waals surface area contributed by atoms with E-state index in [0.717, 1.165) is 21.9 Å². The Labute approximate surface area is 103 Å². The van der Waals surface area contributed by atoms with Gasteiger partial charge in [-0.2, -0.15) is 0 Å². The van der Waals surface area contributed by atoms with E-state index in [1.807, 2.05) is 24.3 Å². The Morgan fingerprint density at radius 2 is 2.11 bits per heavy atom. The minimum Gasteiger partial charge on any atom is -0.480 e. The summed E-state index contributed by atoms with van der Waals surface area (Å²) in [5.74, 6) is -1.09. The maximum Gasteiger partial charge on any atom is 0.323 e. The molecule has 92 valence electrons. The van der Waals surface area contributed by atoms with Gasteiger partial charge in [0.1, 0.15) is 12.4 Å². The number of anilines is 1. The highest BCUT2D eigenvalue weighted by molar-refractivity contribution is 6.04. The fraction of sp³-hybridized carbons (Fsp3) is 0.0769. The van der Waals surface area contributed by atoms with Crippen LogP contribution in [0.5, 0.6) is 0 Å². The van der Waals surface area contributed by atoms with E-state index >= 15 is 0 Å². The molecular formula is C13H12N2O3. The number of benzene rings is 1. The molecule has 2 rings (SSSR count). The highest BCUT2D eigenvalue weighted by Gasteiger charge is 2.18. The predicted molar refractivity (Wildman–Crippen MR) is 68.5 cm³/mol. The number of nitrogens with one attached hydrogen (secondary N) is 1. The number of carbonyl (C=O) groups is 2. The lowest BCUT2D eigenvalue weighted by molar-refractivity contribution is -0.136. The van der Waals surface area contributed by atoms with Crippen LogP contribution in [0, 0.1) is 0 Å². The number of carboxylic acids is 1. The number of aromatic amines is 1. The summed E-state index contributed by atoms with van der Waals surface area (Å²) in [6.45, 7) is 2.97. The Bertz CT molecular complexity index is 582. The fourth-order valence-corrected chi connectivity index (χ4v) is 1.73. The third-order valence-electron chi connectivity index (χ3n) is 2.54. The molecule has 5 heteroatoms. The largest absolute Gasteiger partial charge is 0.480 e. The Hall–Kier alpha value is -2.56. The van der Waals surface area contributed by atoms with Crippen molar-refractivity contribution >= 4 is 28.6 Å². The normalized spacial score (nSPS) is 10.2. The number of aliphatic carboxylic acids is 1. The van der Waals surface area contributed by atoms with Gasteiger partial charge in [-0.3, -0.25) is 14.5 Å². The Morgan fingerprint density at radius 3 is 2.72 bits per heavy atom. The van der Waals surface area contributed by atoms with Gasteiger partial charge in [0.05, 0.1) is 0 Å². The summed E-state index contributed by atoms with van der Waals surface area (Å²) in [5, 5.41) is 9.74. The van der Waals surface area contributed by atoms with Crippen LogP contribution in [0.4, 0.5) is 5.82 Å². The predicted octanol–water partition coefficient (Wildman–Crippen LogP) is 1.77. The number of hydrogen-bond donors (Lipinski definition) is 2. The summed E-state index contributed by atoms with van der Waals surface area (Å²) in [7, 11) is 0. The average molecular weight is 244 g/mol. The highest BCUT2D eigenvalue weighted by atomic mass is 16.4. The van der Waals surface area contributed by atoms with Crippen molar-refractivity contribution in [3.63, 3.8) is 0 Å². The topological polar surface area (TPSA) is 73.4 Å². The van der Waals surface area contributed by atoms with Crippen LogP contribution in [-0.4, -0.2) is 28.5 Å². The van der Waals surface area contributed by atoms with E-state index in [-0.39, 0.29) is 0 Å². The number of nitrogens with zero attached hydrogens (tertiary/aromatic N) is 1. The first-order chi connectivity index (χ1) is 8.61. The summed E-state index contributed by atoms with van der Waals surface area (Å²) >= 11 is 0. The van der Waals surface area contributed by atoms with E-state index in [4.69, 9.17) is 5.11 Å². The van der Waals surface area contributed by atoms with Crippen molar-refractivity contribution in [2.24, 2.45) is 0 Å². The van der Waals surface area contributed by atoms with E-state index < -0.39 is 18.4 Å². The van der Waals surface area contributed by atoms with Gasteiger partial charge in [0.2, 0.25) is 0 Å². The molecule has 0 bridgehead atoms. The van der Waals surface area contributed by atoms with Crippen molar-refractivity contribution in [2.75, 3.05) is 11.4 Å². The zero-order valence-electron chi connectivity index (χ0n) is 9.59. The van der Waals surface area contributed by atoms with Gasteiger partial charge >= 0.3 is 5.97 Å². The molecule has 0 aliphatic rings. The zero-order valence-corrected chi connectivity index (χ0v) is 9.59. The van der Waals surface area contributed by atoms with Crippen molar-refractivity contribution < 1.29 is 14.7 Å². The Morgan fingerprint density at radius 1 is 1.39 bits per heavy atom. The molecule has 0 fully saturated rings. The van der Waals surface area contributed by atoms with Gasteiger partial charge in [-0.15, -0.1) is 0 Å². The number of fused-ring (bicyclic) bond motifs is 1. The lowest BCUT2D eigenvalue weighted by Crippen LogP contribution is -2.34. The minimum absolute atomic E-state index is 0.405. The monoisotopic (exact) mass is 244 g/mol. The molecule has 0 radical (unpaired) electrons. The second-order valence-corrected chi connectivity index (χ2v) is 3.76. The third-order valence-corrected chi connectivity index (χ3v) is 2.54. The number of carboxylic acid groups (broad SMARTS) is 1. The molecule has 0 spiro atoms. The summed E-state index contributed by atoms with van der Waals surface area (Å²) in [6.07, 6.45) is 1.09. The van der Waals surface area contributed by atoms with Crippen LogP contribution in [0.3, 0.4) is 0 Å². The maximum atomic E-state index is 11.6. The number of rotatable bonds is 4. The molecule has 0 saturated heterocycles. The average Bonchev–Trinajstić information content (AvgIpc) is 2.78. The van der Waals surface area contributed by atoms with Gasteiger partial charge in [0, 0.05) is 10.9 Å². The fourth-order valence-electron chi connectivity index (χ4n) is 1.73. The number of para-hydroxylation sites is 1. The van der Waals surface area contributed by atoms with Crippen molar-refractivity contribution in [1.29, 1.82) is 0 Å². The Kier molecular flexibility index (Phi) is 3.14. The third kappa shape index (κ3) is 2.24. The molecule has 1 aromatic heterocycles. The molecule has 1 heterocycles. The summed E-state index contributed by atoms with van der Waals surface area (Å²) in [4.78, 5) is 26.6. The van der Waals surface area contributed by atoms with Gasteiger partial charge in [-0.25, -0.2) is 0 Å². The second kappa shape index (κ2) is 4.75. The van der Waals surface area contributed by atoms with Crippen molar-refractivity contribution in [3.8, 4) is 0 Å². The standard InChI is InChI=1S/C13H12N2O3/c1-2-12(16)15(8-13(17)18)11-7-9-5-3-4-6-10(9)14-11/h2-7,14H,1,8H2,(H,17,18). The van der Waals surface area contributed by atoms with Gasteiger partial charge in [0.25, 0.3) is 5.91 Å². The maximum absolute atomic E-state index is 11.6. The minimum atomic E-state index is -1.08. The Balaban J connectivity index is 2.43. The van der Waals surface area contributed by atoms with Crippen LogP contribution in [0.2, 0.25) is 0 Å². The van der Waals surface area contributed by atoms with Crippen LogP contribution in [-0.2, 0) is 9.59 Å². The SMILES string of the molecule is C=CC(=O)N(CC(=O)O)c1cc2ccccc2[nH]1. The lowest BCUT2D eigenvalue weighted by atomic mass is 10.2. The molecule has 0 aliphatic carbocycles. The first-order valence-corrected chi connectivity index (χ1v) is 5.35. The van der Waals surface area contributed by atoms with E-state index in [0.29, 0.717) is 5.82 Å². The van der Waals surface area contributed by atoms with Crippen LogP contribution < -0.4 is 4.90 Å². The summed E-state index contributed by atoms with van der Waals surface area (Å²) in [5.41, 5.74) is 0.847. The molecular weight excluding hydrogens is 232 g/mol. The lowest BCUT2D eigenvalue weighted by Gasteiger charge is -2.16. The molecule has 2 aromatic rings. The van der Waals surface area contributed by atoms with Gasteiger partial charge < -0.3 is 10.1 Å². The van der Waals surface area contributed by atoms with Gasteiger partial charge in [0.15, 0.2) is 0 Å². The summed E-state index contributed by atoms with van der Waals surface area (Å²) < 4.78 is 0. The number of carbonyl (C=O) groups excluding carboxylic acids is 1. The van der Waals surface area contributed by atoms with Crippen LogP contribution in [0.15, 0.2) is 43.0 Å². The second-order valence-electron chi connectivity index (χ2n) is 3.76. The van der Waals surface area contributed by atoms with Crippen molar-refractivity contribution in [2.45, 2.75) is 0 Å². The van der Waals surface area contributed by atoms with Crippen molar-refractivity contribution in [1.82, 2.24) is 4.98 Å². The van der Waals surface area contributed by atoms with E-state index in [1.54, 1.807) is 6.07 Å². The quantitative estimate of drug-likeness (QED) is 0.805. The smallest absolute Gasteiger partial charge is 0.323 e. The number of H-pyrrole nitrogens is 1. The molecule has 0 atom stereocenters. The van der Waals surface area contributed by atoms with Crippen LogP contribution >= 0.6 is 0 Å². The molecule has 2 N–H and O–H groups in total. The first-order valence-electron chi connectivity index (χ1n) is 5.35. The zero-order chi connectivity index (χ0) is 13.1. The molecule has 1 amide bonds. The van der Waals surface area contributed by atoms with Crippen LogP contribution in [0.1, 0.15) is 0 Å². The first kappa shape index (κ1) is 11.9. The number of aromatic nitrogens is 1. The van der Waals surface area contributed by atoms with Gasteiger partial charge in [-0.1, -0.05) is 24.8 Å². The molecule has 18 heavy (non-hydrogen) atoms. The molecule has 0 saturated carbocycles. The molecule has 0 aliphatic heterocycles. The van der Waals surface area contributed by atoms with E-state index in [1.165, 1.54) is 0 Å². The van der Waals surface area contributed by atoms with Crippen molar-refractivity contribution in [3.05, 3.63) is 43.0 Å². The molecule has 0 unspecified atom stereocenters. The van der Waals surface area contributed by atoms with Crippen LogP contribution in [0.25, 0.3) is 10.9 Å². The molecule has 5 nitrogen and oxygen atoms in total. The van der Waals surface area contributed by atoms with E-state index in [9.17, 15) is 9.59 Å². The number of amides is 1. The van der Waals surface area contributed by atoms with Gasteiger partial charge in [-0.05, 0) is 18.2 Å². The molecule has 1 aromatic carbocycles. The highest BCUT2D eigenvalue weighted by Crippen LogP contribution is 2.21. The van der Waals surface area contributed by atoms with E-state index in [2.05, 4.69) is 11.6 Å². The number of hydrogen-bond acceptors (Lipinski definition) is 2. The summed E-state index contributed by atoms with van der Waals surface area (Å²) in [6, 6.07) is 9.21.